The van der Waals surface area contributed by atoms with E-state index in [9.17, 15) is 33.6 Å². The molecule has 0 aromatic heterocycles. The zero-order valence-electron chi connectivity index (χ0n) is 33.0. The zero-order valence-corrected chi connectivity index (χ0v) is 33.0. The highest BCUT2D eigenvalue weighted by atomic mass is 16.2. The maximum absolute atomic E-state index is 13.7. The molecule has 0 saturated carbocycles. The monoisotopic (exact) mass is 741 g/mol. The predicted octanol–water partition coefficient (Wildman–Crippen LogP) is 2.70. The Morgan fingerprint density at radius 3 is 2.30 bits per heavy atom. The summed E-state index contributed by atoms with van der Waals surface area (Å²) in [6, 6.07) is -3.39. The van der Waals surface area contributed by atoms with Gasteiger partial charge in [-0.25, -0.2) is 4.79 Å². The lowest BCUT2D eigenvalue weighted by molar-refractivity contribution is -0.142. The molecule has 53 heavy (non-hydrogen) atoms. The van der Waals surface area contributed by atoms with Crippen LogP contribution >= 0.6 is 0 Å². The summed E-state index contributed by atoms with van der Waals surface area (Å²) in [4.78, 5) is 93.8. The molecule has 296 valence electrons. The Hall–Kier alpha value is -4.59. The van der Waals surface area contributed by atoms with Crippen molar-refractivity contribution in [3.05, 3.63) is 48.1 Å². The fraction of sp³-hybridized carbons (Fsp3) is 0.615. The third kappa shape index (κ3) is 14.8. The van der Waals surface area contributed by atoms with Crippen LogP contribution in [0.5, 0.6) is 0 Å². The van der Waals surface area contributed by atoms with Gasteiger partial charge in [0.2, 0.25) is 17.6 Å². The van der Waals surface area contributed by atoms with Gasteiger partial charge in [0.25, 0.3) is 11.8 Å². The Morgan fingerprint density at radius 1 is 1.06 bits per heavy atom. The Balaban J connectivity index is 0.00000690. The standard InChI is InChI=1S/C38H58N6O7.CH5N/c1-9-11-18-28(33(47)35(49)39-20-10-2)40-34(48)30-19-15-21-44(30)32(46)22-31(38(5,6)7)42-37(51)41-29(25(3)4)23-43(8)36(50)27-17-14-12-13-16-26(27)24-45;1-2/h10,13-14,16-17,24-25,28-31H,2,9,11-12,15,18-23H2,1,3-8H3,(H,39,49)(H,40,48)(H2,41,42,51);2H2,1H3. The van der Waals surface area contributed by atoms with Gasteiger partial charge < -0.3 is 36.8 Å². The van der Waals surface area contributed by atoms with Gasteiger partial charge >= 0.3 is 6.03 Å². The van der Waals surface area contributed by atoms with Crippen molar-refractivity contribution in [1.29, 1.82) is 0 Å². The minimum atomic E-state index is -1.01. The second-order valence-corrected chi connectivity index (χ2v) is 14.6. The molecule has 0 bridgehead atoms. The third-order valence-electron chi connectivity index (χ3n) is 9.18. The number of hydrogen-bond donors (Lipinski definition) is 5. The van der Waals surface area contributed by atoms with E-state index >= 15 is 0 Å². The predicted molar refractivity (Wildman–Crippen MR) is 206 cm³/mol. The van der Waals surface area contributed by atoms with Gasteiger partial charge in [-0.15, -0.1) is 6.58 Å². The Labute approximate surface area is 315 Å². The molecule has 0 aromatic carbocycles. The van der Waals surface area contributed by atoms with Crippen LogP contribution in [0.3, 0.4) is 0 Å². The Kier molecular flexibility index (Phi) is 20.3. The molecule has 6 amide bonds. The van der Waals surface area contributed by atoms with Crippen molar-refractivity contribution in [3.63, 3.8) is 0 Å². The van der Waals surface area contributed by atoms with Crippen LogP contribution in [0, 0.1) is 11.3 Å². The number of likely N-dealkylation sites (N-methyl/N-ethyl adjacent to an activating group) is 1. The summed E-state index contributed by atoms with van der Waals surface area (Å²) in [5, 5.41) is 11.1. The van der Waals surface area contributed by atoms with E-state index < -0.39 is 53.2 Å². The van der Waals surface area contributed by atoms with E-state index in [0.717, 1.165) is 6.42 Å². The fourth-order valence-electron chi connectivity index (χ4n) is 5.88. The molecule has 4 atom stereocenters. The first kappa shape index (κ1) is 46.4. The van der Waals surface area contributed by atoms with E-state index in [1.54, 1.807) is 25.3 Å². The molecule has 0 spiro atoms. The van der Waals surface area contributed by atoms with E-state index in [0.29, 0.717) is 50.5 Å². The SMILES string of the molecule is C=CCNC(=O)C(=O)C(CCCC)NC(=O)C1CCCN1C(=O)CC(NC(=O)NC(CN(C)C(=O)C1=C(C=O)C=CCC=C1)C(C)C)C(C)(C)C.CN. The first-order chi connectivity index (χ1) is 25.0. The average Bonchev–Trinajstić information content (AvgIpc) is 3.50. The maximum atomic E-state index is 13.7. The van der Waals surface area contributed by atoms with Gasteiger partial charge in [0.1, 0.15) is 6.04 Å². The molecule has 4 unspecified atom stereocenters. The number of carbonyl (C=O) groups is 7. The first-order valence-electron chi connectivity index (χ1n) is 18.5. The summed E-state index contributed by atoms with van der Waals surface area (Å²) in [7, 11) is 3.12. The number of Topliss-reactive ketones (excluding diaryl/α,β-unsaturated/α-hetero) is 1. The maximum Gasteiger partial charge on any atom is 0.315 e. The molecule has 2 aliphatic rings. The second-order valence-electron chi connectivity index (χ2n) is 14.6. The Morgan fingerprint density at radius 2 is 1.72 bits per heavy atom. The van der Waals surface area contributed by atoms with Crippen LogP contribution < -0.4 is 27.0 Å². The molecule has 1 aliphatic carbocycles. The number of carbonyl (C=O) groups excluding carboxylic acids is 7. The fourth-order valence-corrected chi connectivity index (χ4v) is 5.88. The van der Waals surface area contributed by atoms with Crippen molar-refractivity contribution in [2.45, 2.75) is 111 Å². The molecule has 0 radical (unpaired) electrons. The van der Waals surface area contributed by atoms with Crippen LogP contribution in [-0.2, 0) is 28.8 Å². The van der Waals surface area contributed by atoms with Crippen LogP contribution in [0.15, 0.2) is 48.1 Å². The van der Waals surface area contributed by atoms with Gasteiger partial charge in [0.15, 0.2) is 6.29 Å². The topological polar surface area (TPSA) is 200 Å². The van der Waals surface area contributed by atoms with Gasteiger partial charge in [-0.3, -0.25) is 28.8 Å². The second kappa shape index (κ2) is 23.2. The molecular weight excluding hydrogens is 678 g/mol. The molecule has 14 nitrogen and oxygen atoms in total. The highest BCUT2D eigenvalue weighted by Crippen LogP contribution is 2.26. The largest absolute Gasteiger partial charge is 0.346 e. The van der Waals surface area contributed by atoms with E-state index in [1.807, 2.05) is 47.6 Å². The summed E-state index contributed by atoms with van der Waals surface area (Å²) in [6.07, 6.45) is 12.2. The third-order valence-corrected chi connectivity index (χ3v) is 9.18. The van der Waals surface area contributed by atoms with Crippen LogP contribution in [-0.4, -0.2) is 109 Å². The van der Waals surface area contributed by atoms with Crippen molar-refractivity contribution < 1.29 is 33.6 Å². The molecular formula is C39H63N7O7. The summed E-state index contributed by atoms with van der Waals surface area (Å²) >= 11 is 0. The number of unbranched alkanes of at least 4 members (excludes halogenated alkanes) is 1. The van der Waals surface area contributed by atoms with E-state index in [4.69, 9.17) is 0 Å². The van der Waals surface area contributed by atoms with Crippen LogP contribution in [0.25, 0.3) is 0 Å². The number of likely N-dealkylation sites (tertiary alicyclic amines) is 1. The van der Waals surface area contributed by atoms with Gasteiger partial charge in [0.05, 0.1) is 12.1 Å². The minimum Gasteiger partial charge on any atom is -0.346 e. The zero-order chi connectivity index (χ0) is 40.3. The lowest BCUT2D eigenvalue weighted by Crippen LogP contribution is -2.56. The number of amides is 6. The smallest absolute Gasteiger partial charge is 0.315 e. The van der Waals surface area contributed by atoms with Gasteiger partial charge in [-0.05, 0) is 44.1 Å². The molecule has 1 saturated heterocycles. The lowest BCUT2D eigenvalue weighted by Gasteiger charge is -2.35. The van der Waals surface area contributed by atoms with Crippen molar-refractivity contribution in [3.8, 4) is 0 Å². The van der Waals surface area contributed by atoms with E-state index in [-0.39, 0.29) is 42.8 Å². The number of nitrogens with two attached hydrogens (primary N) is 1. The minimum absolute atomic E-state index is 0.0604. The van der Waals surface area contributed by atoms with Crippen LogP contribution in [0.4, 0.5) is 4.79 Å². The molecule has 0 aromatic rings. The van der Waals surface area contributed by atoms with Gasteiger partial charge in [-0.2, -0.15) is 0 Å². The quantitative estimate of drug-likeness (QED) is 0.0802. The number of urea groups is 1. The average molecular weight is 742 g/mol. The lowest BCUT2D eigenvalue weighted by atomic mass is 9.84. The molecule has 1 aliphatic heterocycles. The summed E-state index contributed by atoms with van der Waals surface area (Å²) in [5.41, 5.74) is 4.53. The van der Waals surface area contributed by atoms with Crippen molar-refractivity contribution in [1.82, 2.24) is 31.1 Å². The molecule has 2 rings (SSSR count). The van der Waals surface area contributed by atoms with Gasteiger partial charge in [-0.1, -0.05) is 84.8 Å². The van der Waals surface area contributed by atoms with Gasteiger partial charge in [0, 0.05) is 50.3 Å². The number of rotatable bonds is 18. The van der Waals surface area contributed by atoms with E-state index in [2.05, 4.69) is 33.6 Å². The first-order valence-corrected chi connectivity index (χ1v) is 18.5. The summed E-state index contributed by atoms with van der Waals surface area (Å²) in [5.74, 6) is -2.75. The number of nitrogens with zero attached hydrogens (tertiary/aromatic N) is 2. The van der Waals surface area contributed by atoms with E-state index in [1.165, 1.54) is 22.9 Å². The van der Waals surface area contributed by atoms with Crippen LogP contribution in [0.2, 0.25) is 0 Å². The summed E-state index contributed by atoms with van der Waals surface area (Å²) < 4.78 is 0. The molecule has 14 heteroatoms. The number of aldehydes is 1. The molecule has 6 N–H and O–H groups in total. The molecule has 1 heterocycles. The Bertz CT molecular complexity index is 1400. The van der Waals surface area contributed by atoms with Crippen molar-refractivity contribution >= 4 is 41.7 Å². The van der Waals surface area contributed by atoms with Crippen molar-refractivity contribution in [2.24, 2.45) is 17.1 Å². The summed E-state index contributed by atoms with van der Waals surface area (Å²) in [6.45, 7) is 15.7. The highest BCUT2D eigenvalue weighted by Gasteiger charge is 2.39. The number of allylic oxidation sites excluding steroid dienone is 4. The van der Waals surface area contributed by atoms with Crippen LogP contribution in [0.1, 0.15) is 86.5 Å². The number of hydrogen-bond acceptors (Lipinski definition) is 8. The van der Waals surface area contributed by atoms with Crippen molar-refractivity contribution in [2.75, 3.05) is 33.7 Å². The highest BCUT2D eigenvalue weighted by molar-refractivity contribution is 6.38. The number of ketones is 1. The number of nitrogens with one attached hydrogen (secondary N) is 4. The normalized spacial score (nSPS) is 17.0. The molecule has 1 fully saturated rings.